The summed E-state index contributed by atoms with van der Waals surface area (Å²) in [4.78, 5) is 16.3. The highest BCUT2D eigenvalue weighted by atomic mass is 35.5. The van der Waals surface area contributed by atoms with Gasteiger partial charge in [-0.3, -0.25) is 9.10 Å². The van der Waals surface area contributed by atoms with Crippen LogP contribution >= 0.6 is 11.6 Å². The molecule has 8 heteroatoms. The zero-order valence-corrected chi connectivity index (χ0v) is 19.9. The van der Waals surface area contributed by atoms with E-state index in [0.717, 1.165) is 22.0 Å². The van der Waals surface area contributed by atoms with Crippen molar-refractivity contribution in [3.63, 3.8) is 0 Å². The number of aromatic amines is 1. The van der Waals surface area contributed by atoms with E-state index >= 15 is 0 Å². The molecule has 1 aliphatic heterocycles. The van der Waals surface area contributed by atoms with Gasteiger partial charge in [-0.2, -0.15) is 0 Å². The van der Waals surface area contributed by atoms with Crippen molar-refractivity contribution in [2.45, 2.75) is 12.3 Å². The minimum Gasteiger partial charge on any atom is -0.361 e. The number of carbonyl (C=O) groups excluding carboxylic acids is 1. The Balaban J connectivity index is 1.38. The number of nitrogens with one attached hydrogen (secondary N) is 2. The molecule has 2 heterocycles. The Morgan fingerprint density at radius 2 is 1.74 bits per heavy atom. The SMILES string of the molecule is O=C(NCC(c1ccccc1Cl)c1c[nH]c2ccccc12)c1ccc(N2CCCS2(=O)=O)cc1. The van der Waals surface area contributed by atoms with Gasteiger partial charge in [-0.05, 0) is 53.9 Å². The second kappa shape index (κ2) is 9.16. The van der Waals surface area contributed by atoms with E-state index in [-0.39, 0.29) is 17.6 Å². The number of hydrogen-bond acceptors (Lipinski definition) is 3. The minimum atomic E-state index is -3.26. The van der Waals surface area contributed by atoms with Crippen LogP contribution in [-0.4, -0.2) is 38.2 Å². The Morgan fingerprint density at radius 1 is 1.00 bits per heavy atom. The molecule has 174 valence electrons. The molecule has 1 atom stereocenters. The molecule has 1 saturated heterocycles. The van der Waals surface area contributed by atoms with Crippen LogP contribution in [0, 0.1) is 0 Å². The first-order chi connectivity index (χ1) is 16.4. The fourth-order valence-electron chi connectivity index (χ4n) is 4.53. The number of carbonyl (C=O) groups is 1. The first-order valence-electron chi connectivity index (χ1n) is 11.1. The van der Waals surface area contributed by atoms with Crippen molar-refractivity contribution in [2.24, 2.45) is 0 Å². The van der Waals surface area contributed by atoms with Gasteiger partial charge in [0.25, 0.3) is 5.91 Å². The van der Waals surface area contributed by atoms with Crippen LogP contribution in [0.15, 0.2) is 79.0 Å². The average molecular weight is 494 g/mol. The summed E-state index contributed by atoms with van der Waals surface area (Å²) in [6.45, 7) is 0.824. The van der Waals surface area contributed by atoms with Crippen molar-refractivity contribution in [1.29, 1.82) is 0 Å². The van der Waals surface area contributed by atoms with Crippen LogP contribution in [0.2, 0.25) is 5.02 Å². The van der Waals surface area contributed by atoms with Crippen LogP contribution < -0.4 is 9.62 Å². The third kappa shape index (κ3) is 4.29. The molecule has 1 aliphatic rings. The second-order valence-corrected chi connectivity index (χ2v) is 10.8. The number of hydrogen-bond donors (Lipinski definition) is 2. The molecule has 2 N–H and O–H groups in total. The van der Waals surface area contributed by atoms with E-state index in [1.165, 1.54) is 4.31 Å². The van der Waals surface area contributed by atoms with E-state index in [0.29, 0.717) is 35.8 Å². The lowest BCUT2D eigenvalue weighted by Crippen LogP contribution is -2.29. The number of anilines is 1. The molecular formula is C26H24ClN3O3S. The first kappa shape index (κ1) is 22.5. The predicted octanol–water partition coefficient (Wildman–Crippen LogP) is 4.92. The van der Waals surface area contributed by atoms with E-state index < -0.39 is 10.0 Å². The molecule has 1 fully saturated rings. The quantitative estimate of drug-likeness (QED) is 0.400. The number of para-hydroxylation sites is 1. The summed E-state index contributed by atoms with van der Waals surface area (Å²) in [6, 6.07) is 22.4. The number of halogens is 1. The first-order valence-corrected chi connectivity index (χ1v) is 13.1. The molecule has 0 saturated carbocycles. The predicted molar refractivity (Wildman–Crippen MR) is 136 cm³/mol. The summed E-state index contributed by atoms with van der Waals surface area (Å²) < 4.78 is 25.7. The number of amides is 1. The molecule has 1 unspecified atom stereocenters. The van der Waals surface area contributed by atoms with E-state index in [1.54, 1.807) is 24.3 Å². The van der Waals surface area contributed by atoms with Crippen molar-refractivity contribution in [1.82, 2.24) is 10.3 Å². The number of fused-ring (bicyclic) bond motifs is 1. The molecule has 0 radical (unpaired) electrons. The molecule has 6 nitrogen and oxygen atoms in total. The summed E-state index contributed by atoms with van der Waals surface area (Å²) >= 11 is 6.55. The van der Waals surface area contributed by atoms with Gasteiger partial charge < -0.3 is 10.3 Å². The fourth-order valence-corrected chi connectivity index (χ4v) is 6.36. The number of benzene rings is 3. The second-order valence-electron chi connectivity index (χ2n) is 8.36. The molecule has 3 aromatic carbocycles. The topological polar surface area (TPSA) is 82.3 Å². The van der Waals surface area contributed by atoms with E-state index in [9.17, 15) is 13.2 Å². The van der Waals surface area contributed by atoms with Gasteiger partial charge in [0.15, 0.2) is 0 Å². The number of H-pyrrole nitrogens is 1. The number of rotatable bonds is 6. The van der Waals surface area contributed by atoms with Crippen molar-refractivity contribution in [3.05, 3.63) is 101 Å². The Labute approximate surface area is 203 Å². The van der Waals surface area contributed by atoms with Crippen LogP contribution in [0.25, 0.3) is 10.9 Å². The Bertz CT molecular complexity index is 1450. The van der Waals surface area contributed by atoms with Crippen LogP contribution in [0.5, 0.6) is 0 Å². The summed E-state index contributed by atoms with van der Waals surface area (Å²) in [5.41, 5.74) is 4.06. The lowest BCUT2D eigenvalue weighted by molar-refractivity contribution is 0.0952. The molecule has 34 heavy (non-hydrogen) atoms. The van der Waals surface area contributed by atoms with Crippen LogP contribution in [-0.2, 0) is 10.0 Å². The Hall–Kier alpha value is -3.29. The average Bonchev–Trinajstić information content (AvgIpc) is 3.43. The van der Waals surface area contributed by atoms with Gasteiger partial charge in [0.05, 0.1) is 11.4 Å². The fraction of sp³-hybridized carbons (Fsp3) is 0.192. The summed E-state index contributed by atoms with van der Waals surface area (Å²) in [7, 11) is -3.26. The maximum Gasteiger partial charge on any atom is 0.251 e. The molecule has 4 aromatic rings. The lowest BCUT2D eigenvalue weighted by atomic mass is 9.90. The van der Waals surface area contributed by atoms with E-state index in [4.69, 9.17) is 11.6 Å². The molecule has 0 aliphatic carbocycles. The van der Waals surface area contributed by atoms with E-state index in [1.807, 2.05) is 48.7 Å². The molecule has 1 aromatic heterocycles. The Morgan fingerprint density at radius 3 is 2.47 bits per heavy atom. The van der Waals surface area contributed by atoms with Crippen LogP contribution in [0.1, 0.15) is 33.8 Å². The standard InChI is InChI=1S/C26H24ClN3O3S/c27-24-8-3-1-6-20(24)22(23-16-28-25-9-4-2-7-21(23)25)17-29-26(31)18-10-12-19(13-11-18)30-14-5-15-34(30,32)33/h1-4,6-13,16,22,28H,5,14-15,17H2,(H,29,31). The van der Waals surface area contributed by atoms with E-state index in [2.05, 4.69) is 16.4 Å². The normalized spacial score (nSPS) is 16.0. The highest BCUT2D eigenvalue weighted by Gasteiger charge is 2.28. The number of sulfonamides is 1. The number of nitrogens with zero attached hydrogens (tertiary/aromatic N) is 1. The minimum absolute atomic E-state index is 0.150. The van der Waals surface area contributed by atoms with Gasteiger partial charge >= 0.3 is 0 Å². The largest absolute Gasteiger partial charge is 0.361 e. The maximum absolute atomic E-state index is 13.0. The highest BCUT2D eigenvalue weighted by Crippen LogP contribution is 2.34. The van der Waals surface area contributed by atoms with Gasteiger partial charge in [0.2, 0.25) is 10.0 Å². The molecule has 1 amide bonds. The zero-order chi connectivity index (χ0) is 23.7. The third-order valence-corrected chi connectivity index (χ3v) is 8.47. The summed E-state index contributed by atoms with van der Waals surface area (Å²) in [5.74, 6) is -0.220. The Kier molecular flexibility index (Phi) is 6.06. The molecule has 0 spiro atoms. The maximum atomic E-state index is 13.0. The van der Waals surface area contributed by atoms with Crippen molar-refractivity contribution < 1.29 is 13.2 Å². The monoisotopic (exact) mass is 493 g/mol. The van der Waals surface area contributed by atoms with Gasteiger partial charge in [-0.1, -0.05) is 48.0 Å². The highest BCUT2D eigenvalue weighted by molar-refractivity contribution is 7.93. The van der Waals surface area contributed by atoms with Gasteiger partial charge in [-0.15, -0.1) is 0 Å². The third-order valence-electron chi connectivity index (χ3n) is 6.26. The van der Waals surface area contributed by atoms with Gasteiger partial charge in [0, 0.05) is 46.7 Å². The van der Waals surface area contributed by atoms with Crippen molar-refractivity contribution >= 4 is 44.1 Å². The number of aromatic nitrogens is 1. The van der Waals surface area contributed by atoms with Crippen molar-refractivity contribution in [2.75, 3.05) is 23.1 Å². The summed E-state index contributed by atoms with van der Waals surface area (Å²) in [5, 5.41) is 4.76. The summed E-state index contributed by atoms with van der Waals surface area (Å²) in [6.07, 6.45) is 2.58. The lowest BCUT2D eigenvalue weighted by Gasteiger charge is -2.20. The molecule has 5 rings (SSSR count). The van der Waals surface area contributed by atoms with Crippen molar-refractivity contribution in [3.8, 4) is 0 Å². The van der Waals surface area contributed by atoms with Gasteiger partial charge in [0.1, 0.15) is 0 Å². The molecular weight excluding hydrogens is 470 g/mol. The zero-order valence-electron chi connectivity index (χ0n) is 18.4. The van der Waals surface area contributed by atoms with Crippen LogP contribution in [0.4, 0.5) is 5.69 Å². The molecule has 0 bridgehead atoms. The smallest absolute Gasteiger partial charge is 0.251 e. The van der Waals surface area contributed by atoms with Crippen LogP contribution in [0.3, 0.4) is 0 Å². The van der Waals surface area contributed by atoms with Gasteiger partial charge in [-0.25, -0.2) is 8.42 Å².